The van der Waals surface area contributed by atoms with Crippen molar-refractivity contribution in [3.8, 4) is 0 Å². The van der Waals surface area contributed by atoms with Gasteiger partial charge in [-0.1, -0.05) is 13.3 Å². The van der Waals surface area contributed by atoms with E-state index in [4.69, 9.17) is 0 Å². The van der Waals surface area contributed by atoms with Crippen molar-refractivity contribution in [2.24, 2.45) is 0 Å². The molecule has 7 heteroatoms. The summed E-state index contributed by atoms with van der Waals surface area (Å²) >= 11 is 1.25. The van der Waals surface area contributed by atoms with Gasteiger partial charge in [-0.25, -0.2) is 13.4 Å². The second-order valence-electron chi connectivity index (χ2n) is 5.21. The van der Waals surface area contributed by atoms with E-state index in [0.717, 1.165) is 24.4 Å². The first kappa shape index (κ1) is 15.9. The van der Waals surface area contributed by atoms with Crippen LogP contribution in [0.3, 0.4) is 0 Å². The Morgan fingerprint density at radius 3 is 2.85 bits per heavy atom. The van der Waals surface area contributed by atoms with Crippen LogP contribution in [-0.2, 0) is 10.0 Å². The SMILES string of the molecule is CCCN(CC1CCCCN1)S(=O)(=O)c1cnc(C)s1. The summed E-state index contributed by atoms with van der Waals surface area (Å²) < 4.78 is 27.3. The summed E-state index contributed by atoms with van der Waals surface area (Å²) in [5, 5.41) is 4.21. The molecule has 0 amide bonds. The molecule has 1 aliphatic rings. The molecule has 0 radical (unpaired) electrons. The first-order valence-corrected chi connectivity index (χ1v) is 9.45. The van der Waals surface area contributed by atoms with Gasteiger partial charge in [0.05, 0.1) is 11.2 Å². The maximum atomic E-state index is 12.7. The summed E-state index contributed by atoms with van der Waals surface area (Å²) in [6.07, 6.45) is 5.72. The topological polar surface area (TPSA) is 62.3 Å². The third kappa shape index (κ3) is 3.78. The van der Waals surface area contributed by atoms with Crippen molar-refractivity contribution in [2.75, 3.05) is 19.6 Å². The molecule has 1 aliphatic heterocycles. The van der Waals surface area contributed by atoms with E-state index >= 15 is 0 Å². The van der Waals surface area contributed by atoms with Gasteiger partial charge in [0.1, 0.15) is 0 Å². The van der Waals surface area contributed by atoms with Crippen LogP contribution in [0.5, 0.6) is 0 Å². The molecular formula is C13H23N3O2S2. The highest BCUT2D eigenvalue weighted by molar-refractivity contribution is 7.91. The van der Waals surface area contributed by atoms with Gasteiger partial charge in [0.15, 0.2) is 4.21 Å². The van der Waals surface area contributed by atoms with Gasteiger partial charge < -0.3 is 5.32 Å². The average molecular weight is 317 g/mol. The van der Waals surface area contributed by atoms with Crippen LogP contribution in [0.25, 0.3) is 0 Å². The van der Waals surface area contributed by atoms with Crippen molar-refractivity contribution in [1.29, 1.82) is 0 Å². The maximum absolute atomic E-state index is 12.7. The van der Waals surface area contributed by atoms with Gasteiger partial charge in [-0.15, -0.1) is 11.3 Å². The summed E-state index contributed by atoms with van der Waals surface area (Å²) in [5.41, 5.74) is 0. The van der Waals surface area contributed by atoms with Crippen LogP contribution in [0.2, 0.25) is 0 Å². The summed E-state index contributed by atoms with van der Waals surface area (Å²) in [6.45, 7) is 5.96. The van der Waals surface area contributed by atoms with Gasteiger partial charge in [-0.3, -0.25) is 0 Å². The van der Waals surface area contributed by atoms with Gasteiger partial charge in [0, 0.05) is 19.1 Å². The van der Waals surface area contributed by atoms with E-state index < -0.39 is 10.0 Å². The Kier molecular flexibility index (Phi) is 5.54. The lowest BCUT2D eigenvalue weighted by Gasteiger charge is -2.29. The van der Waals surface area contributed by atoms with Crippen LogP contribution in [0.4, 0.5) is 0 Å². The Bertz CT molecular complexity index is 521. The van der Waals surface area contributed by atoms with Gasteiger partial charge in [0.25, 0.3) is 10.0 Å². The summed E-state index contributed by atoms with van der Waals surface area (Å²) in [7, 11) is -3.39. The minimum absolute atomic E-state index is 0.277. The average Bonchev–Trinajstić information content (AvgIpc) is 2.87. The van der Waals surface area contributed by atoms with Gasteiger partial charge in [-0.05, 0) is 32.7 Å². The van der Waals surface area contributed by atoms with Gasteiger partial charge in [0.2, 0.25) is 0 Å². The predicted octanol–water partition coefficient (Wildman–Crippen LogP) is 1.99. The Morgan fingerprint density at radius 1 is 1.50 bits per heavy atom. The van der Waals surface area contributed by atoms with Gasteiger partial charge >= 0.3 is 0 Å². The Hall–Kier alpha value is -0.500. The highest BCUT2D eigenvalue weighted by atomic mass is 32.2. The van der Waals surface area contributed by atoms with Crippen molar-refractivity contribution >= 4 is 21.4 Å². The van der Waals surface area contributed by atoms with Crippen molar-refractivity contribution < 1.29 is 8.42 Å². The molecule has 114 valence electrons. The van der Waals surface area contributed by atoms with Crippen LogP contribution in [0.1, 0.15) is 37.6 Å². The van der Waals surface area contributed by atoms with E-state index in [9.17, 15) is 8.42 Å². The van der Waals surface area contributed by atoms with E-state index in [1.165, 1.54) is 30.4 Å². The lowest BCUT2D eigenvalue weighted by molar-refractivity contribution is 0.313. The number of piperidine rings is 1. The molecule has 2 rings (SSSR count). The molecule has 1 aromatic heterocycles. The van der Waals surface area contributed by atoms with Crippen LogP contribution >= 0.6 is 11.3 Å². The zero-order chi connectivity index (χ0) is 14.6. The lowest BCUT2D eigenvalue weighted by Crippen LogP contribution is -2.45. The monoisotopic (exact) mass is 317 g/mol. The molecule has 0 aliphatic carbocycles. The zero-order valence-electron chi connectivity index (χ0n) is 12.1. The second kappa shape index (κ2) is 6.98. The summed E-state index contributed by atoms with van der Waals surface area (Å²) in [5.74, 6) is 0. The normalized spacial score (nSPS) is 20.4. The zero-order valence-corrected chi connectivity index (χ0v) is 13.8. The molecule has 0 aromatic carbocycles. The molecule has 1 aromatic rings. The number of sulfonamides is 1. The van der Waals surface area contributed by atoms with Crippen molar-refractivity contribution in [3.63, 3.8) is 0 Å². The number of hydrogen-bond donors (Lipinski definition) is 1. The van der Waals surface area contributed by atoms with Crippen LogP contribution in [0.15, 0.2) is 10.4 Å². The minimum atomic E-state index is -3.39. The van der Waals surface area contributed by atoms with E-state index in [1.807, 2.05) is 13.8 Å². The Balaban J connectivity index is 2.14. The van der Waals surface area contributed by atoms with Crippen molar-refractivity contribution in [1.82, 2.24) is 14.6 Å². The molecule has 0 saturated carbocycles. The molecule has 0 spiro atoms. The fraction of sp³-hybridized carbons (Fsp3) is 0.769. The van der Waals surface area contributed by atoms with Gasteiger partial charge in [-0.2, -0.15) is 4.31 Å². The first-order valence-electron chi connectivity index (χ1n) is 7.20. The second-order valence-corrected chi connectivity index (χ2v) is 8.61. The maximum Gasteiger partial charge on any atom is 0.254 e. The Labute approximate surface area is 125 Å². The summed E-state index contributed by atoms with van der Waals surface area (Å²) in [6, 6.07) is 0.277. The summed E-state index contributed by atoms with van der Waals surface area (Å²) in [4.78, 5) is 4.07. The smallest absolute Gasteiger partial charge is 0.254 e. The number of hydrogen-bond acceptors (Lipinski definition) is 5. The number of aryl methyl sites for hydroxylation is 1. The number of nitrogens with zero attached hydrogens (tertiary/aromatic N) is 2. The van der Waals surface area contributed by atoms with Crippen LogP contribution in [0, 0.1) is 6.92 Å². The third-order valence-corrected chi connectivity index (χ3v) is 6.72. The van der Waals surface area contributed by atoms with Crippen molar-refractivity contribution in [3.05, 3.63) is 11.2 Å². The minimum Gasteiger partial charge on any atom is -0.313 e. The van der Waals surface area contributed by atoms with Crippen molar-refractivity contribution in [2.45, 2.75) is 49.8 Å². The van der Waals surface area contributed by atoms with E-state index in [2.05, 4.69) is 10.3 Å². The molecular weight excluding hydrogens is 294 g/mol. The van der Waals surface area contributed by atoms with E-state index in [1.54, 1.807) is 4.31 Å². The number of aromatic nitrogens is 1. The Morgan fingerprint density at radius 2 is 2.30 bits per heavy atom. The quantitative estimate of drug-likeness (QED) is 0.871. The lowest BCUT2D eigenvalue weighted by atomic mass is 10.1. The molecule has 1 N–H and O–H groups in total. The predicted molar refractivity (Wildman–Crippen MR) is 81.5 cm³/mol. The number of nitrogens with one attached hydrogen (secondary N) is 1. The van der Waals surface area contributed by atoms with Crippen LogP contribution < -0.4 is 5.32 Å². The third-order valence-electron chi connectivity index (χ3n) is 3.50. The number of thiazole rings is 1. The molecule has 0 bridgehead atoms. The first-order chi connectivity index (χ1) is 9.54. The molecule has 1 fully saturated rings. The van der Waals surface area contributed by atoms with Crippen LogP contribution in [-0.4, -0.2) is 43.4 Å². The molecule has 2 heterocycles. The highest BCUT2D eigenvalue weighted by Gasteiger charge is 2.28. The highest BCUT2D eigenvalue weighted by Crippen LogP contribution is 2.23. The molecule has 1 saturated heterocycles. The molecule has 5 nitrogen and oxygen atoms in total. The van der Waals surface area contributed by atoms with E-state index in [0.29, 0.717) is 17.3 Å². The fourth-order valence-corrected chi connectivity index (χ4v) is 5.31. The largest absolute Gasteiger partial charge is 0.313 e. The number of rotatable bonds is 6. The molecule has 1 atom stereocenters. The van der Waals surface area contributed by atoms with E-state index in [-0.39, 0.29) is 6.04 Å². The molecule has 1 unspecified atom stereocenters. The fourth-order valence-electron chi connectivity index (χ4n) is 2.47. The standard InChI is InChI=1S/C13H23N3O2S2/c1-3-8-16(10-12-6-4-5-7-14-12)20(17,18)13-9-15-11(2)19-13/h9,12,14H,3-8,10H2,1-2H3. The molecule has 20 heavy (non-hydrogen) atoms.